The van der Waals surface area contributed by atoms with Gasteiger partial charge in [-0.25, -0.2) is 9.37 Å². The number of rotatable bonds is 3. The molecular formula is C18H14FN3. The standard InChI is InChI=1S/C18H14FN3/c19-15-7-5-6-14(12-15)18-13-17(21-22-18)10-2-1-8-16-9-3-4-11-20-16/h3-7,9,11-13H,2,10H2,(H,21,22). The smallest absolute Gasteiger partial charge is 0.123 e. The van der Waals surface area contributed by atoms with E-state index in [-0.39, 0.29) is 5.82 Å². The van der Waals surface area contributed by atoms with Gasteiger partial charge >= 0.3 is 0 Å². The molecule has 0 aliphatic carbocycles. The van der Waals surface area contributed by atoms with Gasteiger partial charge in [-0.3, -0.25) is 5.10 Å². The maximum Gasteiger partial charge on any atom is 0.123 e. The average molecular weight is 291 g/mol. The van der Waals surface area contributed by atoms with Gasteiger partial charge in [0.05, 0.1) is 5.69 Å². The molecule has 3 nitrogen and oxygen atoms in total. The quantitative estimate of drug-likeness (QED) is 0.749. The van der Waals surface area contributed by atoms with Crippen LogP contribution in [0.2, 0.25) is 0 Å². The third-order valence-electron chi connectivity index (χ3n) is 3.15. The minimum Gasteiger partial charge on any atom is -0.282 e. The number of nitrogens with one attached hydrogen (secondary N) is 1. The summed E-state index contributed by atoms with van der Waals surface area (Å²) in [5.41, 5.74) is 3.26. The Morgan fingerprint density at radius 2 is 2.05 bits per heavy atom. The van der Waals surface area contributed by atoms with Crippen LogP contribution in [-0.4, -0.2) is 15.2 Å². The molecule has 2 heterocycles. The van der Waals surface area contributed by atoms with Crippen LogP contribution in [0.5, 0.6) is 0 Å². The van der Waals surface area contributed by atoms with Crippen LogP contribution < -0.4 is 0 Å². The summed E-state index contributed by atoms with van der Waals surface area (Å²) in [5.74, 6) is 5.84. The van der Waals surface area contributed by atoms with Crippen molar-refractivity contribution in [3.8, 4) is 23.1 Å². The van der Waals surface area contributed by atoms with E-state index >= 15 is 0 Å². The molecule has 0 unspecified atom stereocenters. The van der Waals surface area contributed by atoms with E-state index in [1.807, 2.05) is 30.3 Å². The maximum absolute atomic E-state index is 13.2. The van der Waals surface area contributed by atoms with Crippen LogP contribution >= 0.6 is 0 Å². The molecule has 2 aromatic heterocycles. The highest BCUT2D eigenvalue weighted by Crippen LogP contribution is 2.18. The minimum absolute atomic E-state index is 0.261. The highest BCUT2D eigenvalue weighted by molar-refractivity contribution is 5.59. The Morgan fingerprint density at radius 1 is 1.09 bits per heavy atom. The van der Waals surface area contributed by atoms with Crippen molar-refractivity contribution in [2.75, 3.05) is 0 Å². The van der Waals surface area contributed by atoms with Gasteiger partial charge in [-0.05, 0) is 36.3 Å². The molecular weight excluding hydrogens is 277 g/mol. The first-order valence-corrected chi connectivity index (χ1v) is 7.01. The van der Waals surface area contributed by atoms with E-state index in [2.05, 4.69) is 27.0 Å². The number of benzene rings is 1. The summed E-state index contributed by atoms with van der Waals surface area (Å²) in [6.45, 7) is 0. The lowest BCUT2D eigenvalue weighted by molar-refractivity contribution is 0.628. The lowest BCUT2D eigenvalue weighted by atomic mass is 10.1. The second-order valence-corrected chi connectivity index (χ2v) is 4.81. The number of pyridine rings is 1. The third kappa shape index (κ3) is 3.58. The van der Waals surface area contributed by atoms with Crippen LogP contribution in [0.1, 0.15) is 17.8 Å². The van der Waals surface area contributed by atoms with Crippen molar-refractivity contribution < 1.29 is 4.39 Å². The summed E-state index contributed by atoms with van der Waals surface area (Å²) in [5, 5.41) is 7.18. The van der Waals surface area contributed by atoms with Crippen molar-refractivity contribution >= 4 is 0 Å². The van der Waals surface area contributed by atoms with Crippen LogP contribution in [0.4, 0.5) is 4.39 Å². The molecule has 0 saturated carbocycles. The van der Waals surface area contributed by atoms with Gasteiger partial charge in [-0.2, -0.15) is 5.10 Å². The third-order valence-corrected chi connectivity index (χ3v) is 3.15. The highest BCUT2D eigenvalue weighted by atomic mass is 19.1. The lowest BCUT2D eigenvalue weighted by Crippen LogP contribution is -1.84. The summed E-state index contributed by atoms with van der Waals surface area (Å²) < 4.78 is 13.2. The molecule has 3 aromatic rings. The maximum atomic E-state index is 13.2. The monoisotopic (exact) mass is 291 g/mol. The summed E-state index contributed by atoms with van der Waals surface area (Å²) in [6, 6.07) is 14.0. The van der Waals surface area contributed by atoms with Gasteiger partial charge in [0.2, 0.25) is 0 Å². The molecule has 0 atom stereocenters. The van der Waals surface area contributed by atoms with Crippen molar-refractivity contribution in [2.24, 2.45) is 0 Å². The Labute approximate surface area is 128 Å². The molecule has 3 rings (SSSR count). The SMILES string of the molecule is Fc1cccc(-c2cc(CCC#Cc3ccccn3)[nH]n2)c1. The first-order chi connectivity index (χ1) is 10.8. The number of H-pyrrole nitrogens is 1. The zero-order chi connectivity index (χ0) is 15.2. The number of aryl methyl sites for hydroxylation is 1. The van der Waals surface area contributed by atoms with Gasteiger partial charge in [-0.1, -0.05) is 24.1 Å². The topological polar surface area (TPSA) is 41.6 Å². The summed E-state index contributed by atoms with van der Waals surface area (Å²) in [7, 11) is 0. The zero-order valence-corrected chi connectivity index (χ0v) is 11.9. The first-order valence-electron chi connectivity index (χ1n) is 7.01. The Hall–Kier alpha value is -2.93. The second kappa shape index (κ2) is 6.68. The van der Waals surface area contributed by atoms with Crippen LogP contribution in [0, 0.1) is 17.7 Å². The zero-order valence-electron chi connectivity index (χ0n) is 11.9. The van der Waals surface area contributed by atoms with Crippen molar-refractivity contribution in [2.45, 2.75) is 12.8 Å². The van der Waals surface area contributed by atoms with Crippen molar-refractivity contribution in [1.82, 2.24) is 15.2 Å². The summed E-state index contributed by atoms with van der Waals surface area (Å²) in [6.07, 6.45) is 3.20. The number of hydrogen-bond acceptors (Lipinski definition) is 2. The van der Waals surface area contributed by atoms with E-state index in [1.165, 1.54) is 12.1 Å². The molecule has 0 aliphatic rings. The first kappa shape index (κ1) is 14.0. The average Bonchev–Trinajstić information content (AvgIpc) is 3.02. The van der Waals surface area contributed by atoms with Crippen LogP contribution in [-0.2, 0) is 6.42 Å². The Bertz CT molecular complexity index is 813. The van der Waals surface area contributed by atoms with Crippen molar-refractivity contribution in [3.63, 3.8) is 0 Å². The van der Waals surface area contributed by atoms with Gasteiger partial charge in [0.1, 0.15) is 11.5 Å². The predicted molar refractivity (Wildman–Crippen MR) is 83.4 cm³/mol. The van der Waals surface area contributed by atoms with E-state index < -0.39 is 0 Å². The molecule has 0 saturated heterocycles. The number of hydrogen-bond donors (Lipinski definition) is 1. The molecule has 4 heteroatoms. The van der Waals surface area contributed by atoms with Gasteiger partial charge < -0.3 is 0 Å². The van der Waals surface area contributed by atoms with Gasteiger partial charge in [0.15, 0.2) is 0 Å². The number of halogens is 1. The molecule has 1 aromatic carbocycles. The molecule has 0 radical (unpaired) electrons. The summed E-state index contributed by atoms with van der Waals surface area (Å²) in [4.78, 5) is 4.15. The fourth-order valence-corrected chi connectivity index (χ4v) is 2.07. The molecule has 22 heavy (non-hydrogen) atoms. The van der Waals surface area contributed by atoms with E-state index in [9.17, 15) is 4.39 Å². The number of aromatic amines is 1. The van der Waals surface area contributed by atoms with E-state index in [0.717, 1.165) is 29.1 Å². The van der Waals surface area contributed by atoms with E-state index in [4.69, 9.17) is 0 Å². The highest BCUT2D eigenvalue weighted by Gasteiger charge is 2.04. The second-order valence-electron chi connectivity index (χ2n) is 4.81. The Morgan fingerprint density at radius 3 is 2.86 bits per heavy atom. The molecule has 0 amide bonds. The van der Waals surface area contributed by atoms with Gasteiger partial charge in [-0.15, -0.1) is 0 Å². The summed E-state index contributed by atoms with van der Waals surface area (Å²) >= 11 is 0. The Kier molecular flexibility index (Phi) is 4.26. The largest absolute Gasteiger partial charge is 0.282 e. The Balaban J connectivity index is 1.62. The van der Waals surface area contributed by atoms with Crippen molar-refractivity contribution in [1.29, 1.82) is 0 Å². The molecule has 1 N–H and O–H groups in total. The molecule has 0 spiro atoms. The van der Waals surface area contributed by atoms with Crippen LogP contribution in [0.15, 0.2) is 54.7 Å². The fraction of sp³-hybridized carbons (Fsp3) is 0.111. The predicted octanol–water partition coefficient (Wildman–Crippen LogP) is 3.60. The number of nitrogens with zero attached hydrogens (tertiary/aromatic N) is 2. The minimum atomic E-state index is -0.261. The fourth-order valence-electron chi connectivity index (χ4n) is 2.07. The number of aromatic nitrogens is 3. The van der Waals surface area contributed by atoms with E-state index in [1.54, 1.807) is 12.3 Å². The van der Waals surface area contributed by atoms with E-state index in [0.29, 0.717) is 6.42 Å². The van der Waals surface area contributed by atoms with Crippen LogP contribution in [0.3, 0.4) is 0 Å². The lowest BCUT2D eigenvalue weighted by Gasteiger charge is -1.94. The van der Waals surface area contributed by atoms with Crippen LogP contribution in [0.25, 0.3) is 11.3 Å². The molecule has 0 bridgehead atoms. The van der Waals surface area contributed by atoms with Crippen molar-refractivity contribution in [3.05, 3.63) is 71.9 Å². The molecule has 0 fully saturated rings. The van der Waals surface area contributed by atoms with Gasteiger partial charge in [0.25, 0.3) is 0 Å². The molecule has 0 aliphatic heterocycles. The normalized spacial score (nSPS) is 10.0. The molecule has 108 valence electrons. The van der Waals surface area contributed by atoms with Gasteiger partial charge in [0, 0.05) is 30.3 Å².